The largest absolute Gasteiger partial charge is 0.394 e. The number of aromatic nitrogens is 3. The Morgan fingerprint density at radius 2 is 1.73 bits per heavy atom. The minimum atomic E-state index is -1.25. The van der Waals surface area contributed by atoms with Gasteiger partial charge in [-0.1, -0.05) is 80.6 Å². The molecule has 11 heteroatoms. The van der Waals surface area contributed by atoms with Crippen LogP contribution in [0.25, 0.3) is 11.0 Å². The number of carbonyl (C=O) groups excluding carboxylic acids is 3. The average molecular weight is 655 g/mol. The maximum absolute atomic E-state index is 15.0. The van der Waals surface area contributed by atoms with Crippen LogP contribution in [-0.2, 0) is 32.3 Å². The molecule has 2 unspecified atom stereocenters. The first kappa shape index (κ1) is 33.5. The van der Waals surface area contributed by atoms with Crippen LogP contribution in [0, 0.1) is 17.8 Å². The Morgan fingerprint density at radius 1 is 1.04 bits per heavy atom. The molecule has 0 aliphatic carbocycles. The number of benzene rings is 2. The Hall–Kier alpha value is -4.35. The molecular formula is C37H46N6O5. The van der Waals surface area contributed by atoms with Crippen LogP contribution in [0.3, 0.4) is 0 Å². The van der Waals surface area contributed by atoms with E-state index in [0.29, 0.717) is 37.9 Å². The minimum Gasteiger partial charge on any atom is -0.394 e. The highest BCUT2D eigenvalue weighted by molar-refractivity contribution is 5.99. The van der Waals surface area contributed by atoms with Crippen molar-refractivity contribution in [3.05, 3.63) is 85.5 Å². The third-order valence-corrected chi connectivity index (χ3v) is 10.7. The van der Waals surface area contributed by atoms with Crippen molar-refractivity contribution in [1.82, 2.24) is 29.7 Å². The zero-order valence-corrected chi connectivity index (χ0v) is 28.1. The van der Waals surface area contributed by atoms with Crippen LogP contribution >= 0.6 is 0 Å². The van der Waals surface area contributed by atoms with Gasteiger partial charge in [0.25, 0.3) is 0 Å². The summed E-state index contributed by atoms with van der Waals surface area (Å²) >= 11 is 0. The SMILES string of the molecule is C=CCN(Cn1nnc2ccccc21)C(=O)C1N([C@@H](CO)C(C)C)C(=O)[C@@H]2[C@@H](C(=O)N(CC=C)Cc3ccccc3)[C@@]3(CC)CCC12O3. The van der Waals surface area contributed by atoms with E-state index in [1.54, 1.807) is 31.5 Å². The topological polar surface area (TPSA) is 121 Å². The second kappa shape index (κ2) is 13.3. The number of ether oxygens (including phenoxy) is 1. The average Bonchev–Trinajstić information content (AvgIpc) is 3.82. The van der Waals surface area contributed by atoms with Crippen LogP contribution in [0.5, 0.6) is 0 Å². The van der Waals surface area contributed by atoms with Crippen molar-refractivity contribution in [2.24, 2.45) is 17.8 Å². The van der Waals surface area contributed by atoms with Gasteiger partial charge in [-0.05, 0) is 42.9 Å². The van der Waals surface area contributed by atoms with Crippen molar-refractivity contribution in [2.45, 2.75) is 76.5 Å². The number of amides is 3. The summed E-state index contributed by atoms with van der Waals surface area (Å²) in [5, 5.41) is 19.3. The van der Waals surface area contributed by atoms with E-state index in [4.69, 9.17) is 4.74 Å². The quantitative estimate of drug-likeness (QED) is 0.263. The Morgan fingerprint density at radius 3 is 2.40 bits per heavy atom. The van der Waals surface area contributed by atoms with Crippen molar-refractivity contribution in [3.63, 3.8) is 0 Å². The predicted octanol–water partition coefficient (Wildman–Crippen LogP) is 3.79. The number of rotatable bonds is 14. The summed E-state index contributed by atoms with van der Waals surface area (Å²) in [4.78, 5) is 49.6. The highest BCUT2D eigenvalue weighted by Gasteiger charge is 2.79. The number of aliphatic hydroxyl groups excluding tert-OH is 1. The first-order valence-electron chi connectivity index (χ1n) is 16.9. The molecule has 3 aliphatic heterocycles. The summed E-state index contributed by atoms with van der Waals surface area (Å²) < 4.78 is 8.71. The summed E-state index contributed by atoms with van der Waals surface area (Å²) in [6.45, 7) is 14.2. The zero-order valence-electron chi connectivity index (χ0n) is 28.1. The van der Waals surface area contributed by atoms with Crippen molar-refractivity contribution in [3.8, 4) is 0 Å². The third-order valence-electron chi connectivity index (χ3n) is 10.7. The van der Waals surface area contributed by atoms with Crippen LogP contribution in [0.15, 0.2) is 79.9 Å². The molecule has 3 aliphatic rings. The van der Waals surface area contributed by atoms with Gasteiger partial charge < -0.3 is 24.5 Å². The number of nitrogens with zero attached hydrogens (tertiary/aromatic N) is 6. The molecule has 48 heavy (non-hydrogen) atoms. The van der Waals surface area contributed by atoms with E-state index in [1.165, 1.54) is 0 Å². The number of aliphatic hydroxyl groups is 1. The number of hydrogen-bond acceptors (Lipinski definition) is 7. The molecule has 254 valence electrons. The molecule has 1 N–H and O–H groups in total. The van der Waals surface area contributed by atoms with E-state index in [2.05, 4.69) is 23.5 Å². The third kappa shape index (κ3) is 5.33. The van der Waals surface area contributed by atoms with Gasteiger partial charge >= 0.3 is 0 Å². The molecule has 0 saturated carbocycles. The van der Waals surface area contributed by atoms with Crippen molar-refractivity contribution >= 4 is 28.8 Å². The predicted molar refractivity (Wildman–Crippen MR) is 181 cm³/mol. The van der Waals surface area contributed by atoms with Crippen molar-refractivity contribution in [2.75, 3.05) is 19.7 Å². The molecule has 3 saturated heterocycles. The lowest BCUT2D eigenvalue weighted by molar-refractivity contribution is -0.160. The standard InChI is InChI=1S/C37H46N6O5/c1-6-20-40(22-26-14-10-9-11-15-26)33(45)30-31-34(46)43(29(23-44)25(4)5)32(37(31)19-18-36(30,8-3)48-37)35(47)41(21-7-2)24-42-28-17-13-12-16-27(28)38-39-42/h6-7,9-17,25,29-32,44H,1-2,8,18-24H2,3-5H3/t29-,30-,31-,32?,36+,37?/m0/s1. The van der Waals surface area contributed by atoms with Gasteiger partial charge in [-0.25, -0.2) is 4.68 Å². The van der Waals surface area contributed by atoms with Crippen molar-refractivity contribution in [1.29, 1.82) is 0 Å². The summed E-state index contributed by atoms with van der Waals surface area (Å²) in [5.74, 6) is -2.70. The van der Waals surface area contributed by atoms with Gasteiger partial charge in [0, 0.05) is 19.6 Å². The molecule has 0 radical (unpaired) electrons. The number of para-hydroxylation sites is 1. The Labute approximate surface area is 281 Å². The summed E-state index contributed by atoms with van der Waals surface area (Å²) in [7, 11) is 0. The molecule has 6 atom stereocenters. The molecule has 3 amide bonds. The molecule has 3 fully saturated rings. The minimum absolute atomic E-state index is 0.0710. The first-order chi connectivity index (χ1) is 23.2. The Balaban J connectivity index is 1.43. The molecule has 4 heterocycles. The lowest BCUT2D eigenvalue weighted by Crippen LogP contribution is -2.59. The fourth-order valence-corrected chi connectivity index (χ4v) is 8.41. The zero-order chi connectivity index (χ0) is 34.2. The maximum Gasteiger partial charge on any atom is 0.250 e. The lowest BCUT2D eigenvalue weighted by Gasteiger charge is -2.40. The van der Waals surface area contributed by atoms with E-state index in [0.717, 1.165) is 11.1 Å². The molecule has 1 aromatic heterocycles. The molecule has 2 aromatic carbocycles. The maximum atomic E-state index is 15.0. The fourth-order valence-electron chi connectivity index (χ4n) is 8.41. The molecule has 6 rings (SSSR count). The monoisotopic (exact) mass is 654 g/mol. The second-order valence-electron chi connectivity index (χ2n) is 13.6. The van der Waals surface area contributed by atoms with Gasteiger partial charge in [-0.2, -0.15) is 0 Å². The first-order valence-corrected chi connectivity index (χ1v) is 16.9. The number of fused-ring (bicyclic) bond motifs is 2. The van der Waals surface area contributed by atoms with Gasteiger partial charge in [0.15, 0.2) is 0 Å². The van der Waals surface area contributed by atoms with Gasteiger partial charge in [0.2, 0.25) is 17.7 Å². The molecule has 11 nitrogen and oxygen atoms in total. The number of likely N-dealkylation sites (tertiary alicyclic amines) is 1. The van der Waals surface area contributed by atoms with E-state index < -0.39 is 35.1 Å². The van der Waals surface area contributed by atoms with Crippen LogP contribution in [0.2, 0.25) is 0 Å². The fraction of sp³-hybridized carbons (Fsp3) is 0.486. The van der Waals surface area contributed by atoms with E-state index in [1.807, 2.05) is 75.4 Å². The molecule has 3 aromatic rings. The smallest absolute Gasteiger partial charge is 0.250 e. The highest BCUT2D eigenvalue weighted by atomic mass is 16.5. The van der Waals surface area contributed by atoms with Gasteiger partial charge in [-0.15, -0.1) is 18.3 Å². The van der Waals surface area contributed by atoms with E-state index in [9.17, 15) is 14.7 Å². The van der Waals surface area contributed by atoms with Gasteiger partial charge in [0.1, 0.15) is 23.8 Å². The van der Waals surface area contributed by atoms with Crippen LogP contribution in [0.4, 0.5) is 0 Å². The van der Waals surface area contributed by atoms with Crippen molar-refractivity contribution < 1.29 is 24.2 Å². The molecular weight excluding hydrogens is 608 g/mol. The summed E-state index contributed by atoms with van der Waals surface area (Å²) in [6, 6.07) is 15.5. The van der Waals surface area contributed by atoms with Gasteiger partial charge in [0.05, 0.1) is 35.6 Å². The Bertz CT molecular complexity index is 1690. The normalized spacial score (nSPS) is 26.6. The Kier molecular flexibility index (Phi) is 9.28. The number of hydrogen-bond donors (Lipinski definition) is 1. The van der Waals surface area contributed by atoms with Crippen LogP contribution in [-0.4, -0.2) is 95.5 Å². The number of carbonyl (C=O) groups is 3. The highest BCUT2D eigenvalue weighted by Crippen LogP contribution is 2.65. The second-order valence-corrected chi connectivity index (χ2v) is 13.6. The van der Waals surface area contributed by atoms with E-state index >= 15 is 4.79 Å². The van der Waals surface area contributed by atoms with Crippen LogP contribution < -0.4 is 0 Å². The van der Waals surface area contributed by atoms with E-state index in [-0.39, 0.29) is 43.5 Å². The van der Waals surface area contributed by atoms with Gasteiger partial charge in [-0.3, -0.25) is 14.4 Å². The molecule has 1 spiro atoms. The summed E-state index contributed by atoms with van der Waals surface area (Å²) in [5.41, 5.74) is 0.271. The summed E-state index contributed by atoms with van der Waals surface area (Å²) in [6.07, 6.45) is 4.83. The molecule has 2 bridgehead atoms. The van der Waals surface area contributed by atoms with Crippen LogP contribution in [0.1, 0.15) is 45.6 Å². The lowest BCUT2D eigenvalue weighted by atomic mass is 9.64.